The zero-order valence-electron chi connectivity index (χ0n) is 8.48. The summed E-state index contributed by atoms with van der Waals surface area (Å²) in [7, 11) is 0. The first-order valence-electron chi connectivity index (χ1n) is 4.80. The van der Waals surface area contributed by atoms with E-state index < -0.39 is 11.3 Å². The Morgan fingerprint density at radius 3 is 2.00 bits per heavy atom. The van der Waals surface area contributed by atoms with Gasteiger partial charge in [-0.2, -0.15) is 0 Å². The topological polar surface area (TPSA) is 20.2 Å². The fourth-order valence-electron chi connectivity index (χ4n) is 1.62. The highest BCUT2D eigenvalue weighted by Gasteiger charge is 2.45. The fourth-order valence-corrected chi connectivity index (χ4v) is 1.62. The molecule has 1 nitrogen and oxygen atoms in total. The Morgan fingerprint density at radius 2 is 1.77 bits per heavy atom. The maximum absolute atomic E-state index is 13.1. The van der Waals surface area contributed by atoms with Crippen LogP contribution in [0.1, 0.15) is 40.0 Å². The summed E-state index contributed by atoms with van der Waals surface area (Å²) in [5.74, 6) is -2.58. The molecule has 3 heteroatoms. The van der Waals surface area contributed by atoms with Crippen molar-refractivity contribution in [2.24, 2.45) is 11.3 Å². The Balaban J connectivity index is 2.51. The van der Waals surface area contributed by atoms with Gasteiger partial charge in [0.1, 0.15) is 0 Å². The monoisotopic (exact) mass is 192 g/mol. The minimum absolute atomic E-state index is 0.0841. The van der Waals surface area contributed by atoms with Crippen molar-refractivity contribution in [1.82, 2.24) is 0 Å². The zero-order chi connectivity index (χ0) is 10.3. The minimum Gasteiger partial charge on any atom is -0.393 e. The molecule has 0 amide bonds. The second-order valence-electron chi connectivity index (χ2n) is 4.88. The van der Waals surface area contributed by atoms with E-state index in [9.17, 15) is 13.9 Å². The van der Waals surface area contributed by atoms with Crippen LogP contribution in [0.3, 0.4) is 0 Å². The molecule has 0 aromatic heterocycles. The molecule has 0 aromatic carbocycles. The van der Waals surface area contributed by atoms with E-state index in [0.717, 1.165) is 19.8 Å². The Labute approximate surface area is 78.1 Å². The molecule has 0 saturated heterocycles. The van der Waals surface area contributed by atoms with Crippen molar-refractivity contribution in [3.8, 4) is 0 Å². The molecule has 13 heavy (non-hydrogen) atoms. The first-order valence-corrected chi connectivity index (χ1v) is 4.80. The lowest BCUT2D eigenvalue weighted by Crippen LogP contribution is -2.41. The summed E-state index contributed by atoms with van der Waals surface area (Å²) in [6.07, 6.45) is 1.73. The molecule has 0 aromatic rings. The largest absolute Gasteiger partial charge is 0.393 e. The first-order chi connectivity index (χ1) is 5.74. The molecule has 0 radical (unpaired) electrons. The third-order valence-electron chi connectivity index (χ3n) is 3.34. The third-order valence-corrected chi connectivity index (χ3v) is 3.34. The molecular formula is C10H18F2O. The Kier molecular flexibility index (Phi) is 2.68. The van der Waals surface area contributed by atoms with Gasteiger partial charge in [0.2, 0.25) is 5.92 Å². The standard InChI is InChI=1S/C10H18F2O/c1-9(2,10(3,11)12)6-7-4-5-8(7)13/h7-8,13H,4-6H2,1-3H3. The molecule has 0 aliphatic heterocycles. The van der Waals surface area contributed by atoms with Crippen LogP contribution < -0.4 is 0 Å². The second-order valence-corrected chi connectivity index (χ2v) is 4.88. The van der Waals surface area contributed by atoms with Crippen LogP contribution in [-0.2, 0) is 0 Å². The first kappa shape index (κ1) is 10.9. The van der Waals surface area contributed by atoms with E-state index in [0.29, 0.717) is 6.42 Å². The van der Waals surface area contributed by atoms with Crippen LogP contribution in [0, 0.1) is 11.3 Å². The van der Waals surface area contributed by atoms with E-state index in [1.165, 1.54) is 0 Å². The van der Waals surface area contributed by atoms with E-state index in [1.54, 1.807) is 13.8 Å². The van der Waals surface area contributed by atoms with Crippen molar-refractivity contribution in [2.45, 2.75) is 52.1 Å². The highest BCUT2D eigenvalue weighted by molar-refractivity contribution is 4.89. The quantitative estimate of drug-likeness (QED) is 0.729. The highest BCUT2D eigenvalue weighted by atomic mass is 19.3. The van der Waals surface area contributed by atoms with Gasteiger partial charge in [-0.05, 0) is 32.1 Å². The third kappa shape index (κ3) is 2.19. The number of aliphatic hydroxyl groups is 1. The van der Waals surface area contributed by atoms with Crippen LogP contribution in [-0.4, -0.2) is 17.1 Å². The lowest BCUT2D eigenvalue weighted by molar-refractivity contribution is -0.116. The van der Waals surface area contributed by atoms with E-state index >= 15 is 0 Å². The van der Waals surface area contributed by atoms with E-state index in [1.807, 2.05) is 0 Å². The van der Waals surface area contributed by atoms with Gasteiger partial charge in [0.05, 0.1) is 6.10 Å². The van der Waals surface area contributed by atoms with Gasteiger partial charge in [-0.3, -0.25) is 0 Å². The molecule has 78 valence electrons. The second kappa shape index (κ2) is 3.19. The van der Waals surface area contributed by atoms with Crippen molar-refractivity contribution in [3.63, 3.8) is 0 Å². The average molecular weight is 192 g/mol. The Hall–Kier alpha value is -0.180. The maximum atomic E-state index is 13.1. The molecule has 1 N–H and O–H groups in total. The number of rotatable bonds is 3. The van der Waals surface area contributed by atoms with Crippen molar-refractivity contribution in [1.29, 1.82) is 0 Å². The molecular weight excluding hydrogens is 174 g/mol. The van der Waals surface area contributed by atoms with E-state index in [2.05, 4.69) is 0 Å². The summed E-state index contributed by atoms with van der Waals surface area (Å²) in [6, 6.07) is 0. The minimum atomic E-state index is -2.66. The smallest absolute Gasteiger partial charge is 0.250 e. The summed E-state index contributed by atoms with van der Waals surface area (Å²) >= 11 is 0. The summed E-state index contributed by atoms with van der Waals surface area (Å²) in [4.78, 5) is 0. The maximum Gasteiger partial charge on any atom is 0.250 e. The number of aliphatic hydroxyl groups excluding tert-OH is 1. The van der Waals surface area contributed by atoms with Crippen molar-refractivity contribution in [2.75, 3.05) is 0 Å². The molecule has 2 unspecified atom stereocenters. The van der Waals surface area contributed by atoms with Gasteiger partial charge in [-0.25, -0.2) is 8.78 Å². The van der Waals surface area contributed by atoms with Crippen molar-refractivity contribution in [3.05, 3.63) is 0 Å². The molecule has 1 rings (SSSR count). The average Bonchev–Trinajstić information content (AvgIpc) is 1.95. The van der Waals surface area contributed by atoms with Gasteiger partial charge in [0.15, 0.2) is 0 Å². The molecule has 1 fully saturated rings. The SMILES string of the molecule is CC(F)(F)C(C)(C)CC1CCC1O. The number of halogens is 2. The fraction of sp³-hybridized carbons (Fsp3) is 1.00. The predicted molar refractivity (Wildman–Crippen MR) is 47.7 cm³/mol. The van der Waals surface area contributed by atoms with Crippen molar-refractivity contribution < 1.29 is 13.9 Å². The molecule has 0 bridgehead atoms. The van der Waals surface area contributed by atoms with Gasteiger partial charge >= 0.3 is 0 Å². The van der Waals surface area contributed by atoms with Gasteiger partial charge in [0.25, 0.3) is 0 Å². The number of hydrogen-bond acceptors (Lipinski definition) is 1. The van der Waals surface area contributed by atoms with Gasteiger partial charge in [0, 0.05) is 5.41 Å². The molecule has 0 heterocycles. The zero-order valence-corrected chi connectivity index (χ0v) is 8.48. The molecule has 0 spiro atoms. The van der Waals surface area contributed by atoms with Crippen LogP contribution in [0.25, 0.3) is 0 Å². The number of alkyl halides is 2. The van der Waals surface area contributed by atoms with Crippen molar-refractivity contribution >= 4 is 0 Å². The van der Waals surface area contributed by atoms with Crippen LogP contribution in [0.2, 0.25) is 0 Å². The Morgan fingerprint density at radius 1 is 1.23 bits per heavy atom. The summed E-state index contributed by atoms with van der Waals surface area (Å²) < 4.78 is 26.1. The normalized spacial score (nSPS) is 30.0. The van der Waals surface area contributed by atoms with Crippen LogP contribution >= 0.6 is 0 Å². The van der Waals surface area contributed by atoms with Gasteiger partial charge in [-0.15, -0.1) is 0 Å². The molecule has 1 saturated carbocycles. The summed E-state index contributed by atoms with van der Waals surface area (Å²) in [6.45, 7) is 4.09. The number of hydrogen-bond donors (Lipinski definition) is 1. The van der Waals surface area contributed by atoms with Crippen LogP contribution in [0.15, 0.2) is 0 Å². The highest BCUT2D eigenvalue weighted by Crippen LogP contribution is 2.45. The lowest BCUT2D eigenvalue weighted by Gasteiger charge is -2.40. The van der Waals surface area contributed by atoms with E-state index in [-0.39, 0.29) is 12.0 Å². The molecule has 2 atom stereocenters. The van der Waals surface area contributed by atoms with Crippen LogP contribution in [0.4, 0.5) is 8.78 Å². The summed E-state index contributed by atoms with van der Waals surface area (Å²) in [5.41, 5.74) is -1.00. The van der Waals surface area contributed by atoms with Crippen LogP contribution in [0.5, 0.6) is 0 Å². The Bertz CT molecular complexity index is 184. The predicted octanol–water partition coefficient (Wildman–Crippen LogP) is 2.83. The summed E-state index contributed by atoms with van der Waals surface area (Å²) in [5, 5.41) is 9.29. The van der Waals surface area contributed by atoms with E-state index in [4.69, 9.17) is 0 Å². The van der Waals surface area contributed by atoms with Gasteiger partial charge < -0.3 is 5.11 Å². The lowest BCUT2D eigenvalue weighted by atomic mass is 9.69. The molecule has 1 aliphatic rings. The van der Waals surface area contributed by atoms with Gasteiger partial charge in [-0.1, -0.05) is 13.8 Å². The molecule has 1 aliphatic carbocycles.